The van der Waals surface area contributed by atoms with Crippen molar-refractivity contribution in [1.29, 1.82) is 0 Å². The maximum absolute atomic E-state index is 13.0. The molecule has 0 bridgehead atoms. The topological polar surface area (TPSA) is 64.0 Å². The second-order valence-corrected chi connectivity index (χ2v) is 8.16. The Morgan fingerprint density at radius 2 is 1.86 bits per heavy atom. The van der Waals surface area contributed by atoms with Crippen molar-refractivity contribution in [2.45, 2.75) is 13.5 Å². The van der Waals surface area contributed by atoms with E-state index in [9.17, 15) is 9.59 Å². The van der Waals surface area contributed by atoms with Crippen molar-refractivity contribution in [3.8, 4) is 10.4 Å². The zero-order valence-corrected chi connectivity index (χ0v) is 17.4. The van der Waals surface area contributed by atoms with Gasteiger partial charge in [-0.1, -0.05) is 42.5 Å². The van der Waals surface area contributed by atoms with E-state index in [0.717, 1.165) is 20.5 Å². The van der Waals surface area contributed by atoms with E-state index in [1.54, 1.807) is 6.07 Å². The Morgan fingerprint density at radius 3 is 2.61 bits per heavy atom. The van der Waals surface area contributed by atoms with Gasteiger partial charge >= 0.3 is 0 Å². The van der Waals surface area contributed by atoms with Crippen molar-refractivity contribution >= 4 is 49.1 Å². The number of aromatic nitrogens is 2. The second-order valence-electron chi connectivity index (χ2n) is 6.31. The number of rotatable bonds is 4. The monoisotopic (exact) mass is 453 g/mol. The molecule has 1 amide bonds. The van der Waals surface area contributed by atoms with E-state index in [-0.39, 0.29) is 18.0 Å². The van der Waals surface area contributed by atoms with Crippen molar-refractivity contribution in [3.05, 3.63) is 81.3 Å². The normalized spacial score (nSPS) is 10.9. The van der Waals surface area contributed by atoms with E-state index in [4.69, 9.17) is 0 Å². The van der Waals surface area contributed by atoms with Crippen LogP contribution in [0.3, 0.4) is 0 Å². The lowest BCUT2D eigenvalue weighted by atomic mass is 10.1. The molecular formula is C21H16BrN3O2S. The van der Waals surface area contributed by atoms with E-state index < -0.39 is 0 Å². The van der Waals surface area contributed by atoms with Gasteiger partial charge in [-0.3, -0.25) is 14.2 Å². The van der Waals surface area contributed by atoms with Crippen molar-refractivity contribution in [2.24, 2.45) is 0 Å². The molecule has 2 aromatic carbocycles. The quantitative estimate of drug-likeness (QED) is 0.480. The standard InChI is InChI=1S/C21H16BrN3O2S/c1-13-18-20(28-19(13)14-7-3-2-4-8-14)23-12-25(21(18)27)11-17(26)24-16-10-6-5-9-15(16)22/h2-10,12H,11H2,1H3,(H,24,26). The Bertz CT molecular complexity index is 1230. The van der Waals surface area contributed by atoms with Crippen LogP contribution < -0.4 is 10.9 Å². The summed E-state index contributed by atoms with van der Waals surface area (Å²) in [6.07, 6.45) is 1.44. The van der Waals surface area contributed by atoms with Crippen LogP contribution in [0.2, 0.25) is 0 Å². The summed E-state index contributed by atoms with van der Waals surface area (Å²) in [5.74, 6) is -0.286. The zero-order valence-electron chi connectivity index (χ0n) is 15.0. The number of amides is 1. The number of hydrogen-bond acceptors (Lipinski definition) is 4. The fourth-order valence-corrected chi connectivity index (χ4v) is 4.57. The van der Waals surface area contributed by atoms with E-state index in [1.807, 2.05) is 55.5 Å². The van der Waals surface area contributed by atoms with Gasteiger partial charge in [-0.2, -0.15) is 0 Å². The number of benzene rings is 2. The van der Waals surface area contributed by atoms with Crippen molar-refractivity contribution in [1.82, 2.24) is 9.55 Å². The van der Waals surface area contributed by atoms with Gasteiger partial charge in [0, 0.05) is 9.35 Å². The van der Waals surface area contributed by atoms with Crippen LogP contribution in [0, 0.1) is 6.92 Å². The summed E-state index contributed by atoms with van der Waals surface area (Å²) in [6, 6.07) is 17.3. The average molecular weight is 454 g/mol. The summed E-state index contributed by atoms with van der Waals surface area (Å²) in [4.78, 5) is 31.5. The van der Waals surface area contributed by atoms with Gasteiger partial charge in [-0.05, 0) is 46.1 Å². The third kappa shape index (κ3) is 3.50. The van der Waals surface area contributed by atoms with Crippen LogP contribution in [0.5, 0.6) is 0 Å². The molecule has 0 unspecified atom stereocenters. The number of halogens is 1. The molecule has 0 saturated carbocycles. The third-order valence-corrected chi connectivity index (χ3v) is 6.36. The summed E-state index contributed by atoms with van der Waals surface area (Å²) in [5, 5.41) is 3.38. The highest BCUT2D eigenvalue weighted by Gasteiger charge is 2.17. The summed E-state index contributed by atoms with van der Waals surface area (Å²) >= 11 is 4.89. The van der Waals surface area contributed by atoms with Crippen LogP contribution in [0.1, 0.15) is 5.56 Å². The molecule has 0 spiro atoms. The number of nitrogens with zero attached hydrogens (tertiary/aromatic N) is 2. The lowest BCUT2D eigenvalue weighted by Crippen LogP contribution is -2.28. The van der Waals surface area contributed by atoms with Crippen LogP contribution in [0.4, 0.5) is 5.69 Å². The molecule has 0 aliphatic heterocycles. The van der Waals surface area contributed by atoms with Crippen LogP contribution in [0.15, 0.2) is 70.2 Å². The molecule has 1 N–H and O–H groups in total. The average Bonchev–Trinajstić information content (AvgIpc) is 3.04. The second kappa shape index (κ2) is 7.69. The minimum atomic E-state index is -0.286. The maximum atomic E-state index is 13.0. The first-order valence-electron chi connectivity index (χ1n) is 8.63. The molecule has 7 heteroatoms. The third-order valence-electron chi connectivity index (χ3n) is 4.42. The molecule has 2 heterocycles. The minimum Gasteiger partial charge on any atom is -0.324 e. The molecule has 4 rings (SSSR count). The number of para-hydroxylation sites is 1. The Labute approximate surface area is 173 Å². The maximum Gasteiger partial charge on any atom is 0.262 e. The van der Waals surface area contributed by atoms with E-state index in [2.05, 4.69) is 26.2 Å². The van der Waals surface area contributed by atoms with Crippen LogP contribution >= 0.6 is 27.3 Å². The first kappa shape index (κ1) is 18.6. The Hall–Kier alpha value is -2.77. The first-order chi connectivity index (χ1) is 13.5. The first-order valence-corrected chi connectivity index (χ1v) is 10.2. The number of fused-ring (bicyclic) bond motifs is 1. The molecule has 0 saturated heterocycles. The lowest BCUT2D eigenvalue weighted by Gasteiger charge is -2.08. The molecule has 140 valence electrons. The van der Waals surface area contributed by atoms with E-state index in [1.165, 1.54) is 22.2 Å². The molecule has 0 radical (unpaired) electrons. The van der Waals surface area contributed by atoms with Crippen LogP contribution in [-0.2, 0) is 11.3 Å². The highest BCUT2D eigenvalue weighted by molar-refractivity contribution is 9.10. The molecule has 5 nitrogen and oxygen atoms in total. The molecular weight excluding hydrogens is 438 g/mol. The van der Waals surface area contributed by atoms with Gasteiger partial charge in [-0.25, -0.2) is 4.98 Å². The van der Waals surface area contributed by atoms with Crippen LogP contribution in [-0.4, -0.2) is 15.5 Å². The zero-order chi connectivity index (χ0) is 19.7. The van der Waals surface area contributed by atoms with Crippen molar-refractivity contribution in [3.63, 3.8) is 0 Å². The SMILES string of the molecule is Cc1c(-c2ccccc2)sc2ncn(CC(=O)Nc3ccccc3Br)c(=O)c12. The highest BCUT2D eigenvalue weighted by Crippen LogP contribution is 2.35. The van der Waals surface area contributed by atoms with Gasteiger partial charge in [-0.15, -0.1) is 11.3 Å². The number of hydrogen-bond donors (Lipinski definition) is 1. The number of aryl methyl sites for hydroxylation is 1. The van der Waals surface area contributed by atoms with Gasteiger partial charge in [0.1, 0.15) is 11.4 Å². The van der Waals surface area contributed by atoms with Gasteiger partial charge in [0.25, 0.3) is 5.56 Å². The van der Waals surface area contributed by atoms with Crippen molar-refractivity contribution in [2.75, 3.05) is 5.32 Å². The predicted octanol–water partition coefficient (Wildman–Crippen LogP) is 4.83. The Kier molecular flexibility index (Phi) is 5.11. The lowest BCUT2D eigenvalue weighted by molar-refractivity contribution is -0.116. The van der Waals surface area contributed by atoms with Gasteiger partial charge in [0.15, 0.2) is 0 Å². The smallest absolute Gasteiger partial charge is 0.262 e. The fourth-order valence-electron chi connectivity index (χ4n) is 3.04. The van der Waals surface area contributed by atoms with Crippen LogP contribution in [0.25, 0.3) is 20.7 Å². The predicted molar refractivity (Wildman–Crippen MR) is 117 cm³/mol. The number of carbonyl (C=O) groups excluding carboxylic acids is 1. The van der Waals surface area contributed by atoms with Gasteiger partial charge in [0.2, 0.25) is 5.91 Å². The molecule has 0 aliphatic carbocycles. The number of carbonyl (C=O) groups is 1. The molecule has 0 atom stereocenters. The molecule has 0 aliphatic rings. The molecule has 2 aromatic heterocycles. The number of anilines is 1. The Balaban J connectivity index is 1.67. The van der Waals surface area contributed by atoms with E-state index >= 15 is 0 Å². The Morgan fingerprint density at radius 1 is 1.14 bits per heavy atom. The fraction of sp³-hybridized carbons (Fsp3) is 0.0952. The van der Waals surface area contributed by atoms with E-state index in [0.29, 0.717) is 15.9 Å². The molecule has 0 fully saturated rings. The number of thiophene rings is 1. The molecule has 28 heavy (non-hydrogen) atoms. The van der Waals surface area contributed by atoms with Gasteiger partial charge < -0.3 is 5.32 Å². The summed E-state index contributed by atoms with van der Waals surface area (Å²) < 4.78 is 2.13. The van der Waals surface area contributed by atoms with Crippen molar-refractivity contribution < 1.29 is 4.79 Å². The summed E-state index contributed by atoms with van der Waals surface area (Å²) in [5.41, 5.74) is 2.40. The summed E-state index contributed by atoms with van der Waals surface area (Å²) in [7, 11) is 0. The number of nitrogens with one attached hydrogen (secondary N) is 1. The summed E-state index contributed by atoms with van der Waals surface area (Å²) in [6.45, 7) is 1.83. The van der Waals surface area contributed by atoms with Gasteiger partial charge in [0.05, 0.1) is 17.4 Å². The highest BCUT2D eigenvalue weighted by atomic mass is 79.9. The largest absolute Gasteiger partial charge is 0.324 e. The molecule has 4 aromatic rings. The minimum absolute atomic E-state index is 0.0982.